The molecule has 0 aliphatic heterocycles. The SMILES string of the molecule is OC(c1ccc(Cl)cc1F)c1cc(Br)ccc1F. The van der Waals surface area contributed by atoms with Crippen molar-refractivity contribution in [3.8, 4) is 0 Å². The Labute approximate surface area is 116 Å². The molecule has 0 radical (unpaired) electrons. The standard InChI is InChI=1S/C13H8BrClF2O/c14-7-1-4-11(16)10(5-7)13(18)9-3-2-8(15)6-12(9)17/h1-6,13,18H. The van der Waals surface area contributed by atoms with Crippen LogP contribution in [0.2, 0.25) is 5.02 Å². The first-order chi connectivity index (χ1) is 8.49. The van der Waals surface area contributed by atoms with Crippen LogP contribution in [-0.2, 0) is 0 Å². The summed E-state index contributed by atoms with van der Waals surface area (Å²) < 4.78 is 27.8. The first-order valence-corrected chi connectivity index (χ1v) is 6.24. The largest absolute Gasteiger partial charge is 0.383 e. The van der Waals surface area contributed by atoms with E-state index in [1.807, 2.05) is 0 Å². The van der Waals surface area contributed by atoms with Crippen LogP contribution in [-0.4, -0.2) is 5.11 Å². The van der Waals surface area contributed by atoms with Gasteiger partial charge in [0.05, 0.1) is 0 Å². The summed E-state index contributed by atoms with van der Waals surface area (Å²) in [5.74, 6) is -1.27. The molecule has 2 aromatic carbocycles. The second-order valence-corrected chi connectivity index (χ2v) is 5.09. The molecule has 0 amide bonds. The molecule has 5 heteroatoms. The van der Waals surface area contributed by atoms with Gasteiger partial charge in [-0.3, -0.25) is 0 Å². The monoisotopic (exact) mass is 332 g/mol. The van der Waals surface area contributed by atoms with E-state index >= 15 is 0 Å². The van der Waals surface area contributed by atoms with Crippen LogP contribution in [0.15, 0.2) is 40.9 Å². The first-order valence-electron chi connectivity index (χ1n) is 5.07. The fraction of sp³-hybridized carbons (Fsp3) is 0.0769. The summed E-state index contributed by atoms with van der Waals surface area (Å²) in [4.78, 5) is 0. The topological polar surface area (TPSA) is 20.2 Å². The van der Waals surface area contributed by atoms with Crippen molar-refractivity contribution in [1.29, 1.82) is 0 Å². The van der Waals surface area contributed by atoms with Crippen LogP contribution in [0.1, 0.15) is 17.2 Å². The highest BCUT2D eigenvalue weighted by Crippen LogP contribution is 2.29. The zero-order valence-electron chi connectivity index (χ0n) is 9.00. The minimum atomic E-state index is -1.38. The predicted molar refractivity (Wildman–Crippen MR) is 69.6 cm³/mol. The van der Waals surface area contributed by atoms with Gasteiger partial charge in [0.15, 0.2) is 0 Å². The minimum Gasteiger partial charge on any atom is -0.383 e. The Balaban J connectivity index is 2.47. The smallest absolute Gasteiger partial charge is 0.130 e. The Morgan fingerprint density at radius 3 is 2.39 bits per heavy atom. The van der Waals surface area contributed by atoms with Gasteiger partial charge in [0.25, 0.3) is 0 Å². The minimum absolute atomic E-state index is 0.00518. The molecule has 0 spiro atoms. The lowest BCUT2D eigenvalue weighted by Crippen LogP contribution is -2.05. The molecule has 0 saturated heterocycles. The van der Waals surface area contributed by atoms with Crippen LogP contribution in [0.3, 0.4) is 0 Å². The Kier molecular flexibility index (Phi) is 4.00. The molecular formula is C13H8BrClF2O. The number of halogens is 4. The second-order valence-electron chi connectivity index (χ2n) is 3.73. The third kappa shape index (κ3) is 2.71. The average molecular weight is 334 g/mol. The molecule has 18 heavy (non-hydrogen) atoms. The Morgan fingerprint density at radius 1 is 1.00 bits per heavy atom. The Bertz CT molecular complexity index is 589. The molecule has 94 valence electrons. The van der Waals surface area contributed by atoms with Crippen molar-refractivity contribution in [3.05, 3.63) is 68.7 Å². The molecule has 1 unspecified atom stereocenters. The van der Waals surface area contributed by atoms with Gasteiger partial charge in [-0.15, -0.1) is 0 Å². The number of aliphatic hydroxyl groups excluding tert-OH is 1. The molecule has 0 saturated carbocycles. The predicted octanol–water partition coefficient (Wildman–Crippen LogP) is 4.46. The van der Waals surface area contributed by atoms with E-state index in [-0.39, 0.29) is 16.1 Å². The summed E-state index contributed by atoms with van der Waals surface area (Å²) in [6.07, 6.45) is -1.38. The molecule has 1 nitrogen and oxygen atoms in total. The maximum absolute atomic E-state index is 13.6. The van der Waals surface area contributed by atoms with E-state index in [0.29, 0.717) is 4.47 Å². The Hall–Kier alpha value is -0.970. The lowest BCUT2D eigenvalue weighted by Gasteiger charge is -2.13. The van der Waals surface area contributed by atoms with E-state index in [9.17, 15) is 13.9 Å². The summed E-state index contributed by atoms with van der Waals surface area (Å²) >= 11 is 8.80. The maximum atomic E-state index is 13.6. The van der Waals surface area contributed by atoms with Crippen molar-refractivity contribution in [1.82, 2.24) is 0 Å². The third-order valence-electron chi connectivity index (χ3n) is 2.51. The average Bonchev–Trinajstić information content (AvgIpc) is 2.31. The summed E-state index contributed by atoms with van der Waals surface area (Å²) in [5, 5.41) is 10.2. The normalized spacial score (nSPS) is 12.5. The van der Waals surface area contributed by atoms with Gasteiger partial charge >= 0.3 is 0 Å². The molecule has 0 aliphatic carbocycles. The van der Waals surface area contributed by atoms with Crippen LogP contribution in [0.5, 0.6) is 0 Å². The highest BCUT2D eigenvalue weighted by molar-refractivity contribution is 9.10. The van der Waals surface area contributed by atoms with Gasteiger partial charge in [-0.2, -0.15) is 0 Å². The number of rotatable bonds is 2. The third-order valence-corrected chi connectivity index (χ3v) is 3.24. The zero-order chi connectivity index (χ0) is 13.3. The van der Waals surface area contributed by atoms with E-state index < -0.39 is 17.7 Å². The molecule has 0 bridgehead atoms. The highest BCUT2D eigenvalue weighted by Gasteiger charge is 2.19. The van der Waals surface area contributed by atoms with E-state index in [0.717, 1.165) is 6.07 Å². The van der Waals surface area contributed by atoms with Crippen molar-refractivity contribution in [2.24, 2.45) is 0 Å². The number of aliphatic hydroxyl groups is 1. The van der Waals surface area contributed by atoms with Gasteiger partial charge in [0.1, 0.15) is 17.7 Å². The molecule has 2 rings (SSSR count). The van der Waals surface area contributed by atoms with Gasteiger partial charge in [0, 0.05) is 20.6 Å². The van der Waals surface area contributed by atoms with Crippen LogP contribution >= 0.6 is 27.5 Å². The summed E-state index contributed by atoms with van der Waals surface area (Å²) in [7, 11) is 0. The quantitative estimate of drug-likeness (QED) is 0.860. The van der Waals surface area contributed by atoms with E-state index in [1.54, 1.807) is 0 Å². The van der Waals surface area contributed by atoms with E-state index in [4.69, 9.17) is 11.6 Å². The zero-order valence-corrected chi connectivity index (χ0v) is 11.3. The lowest BCUT2D eigenvalue weighted by atomic mass is 10.0. The molecule has 2 aromatic rings. The summed E-state index contributed by atoms with van der Waals surface area (Å²) in [5.41, 5.74) is -0.0120. The molecule has 0 heterocycles. The molecule has 0 fully saturated rings. The van der Waals surface area contributed by atoms with Crippen molar-refractivity contribution in [3.63, 3.8) is 0 Å². The van der Waals surface area contributed by atoms with Crippen molar-refractivity contribution >= 4 is 27.5 Å². The van der Waals surface area contributed by atoms with Crippen molar-refractivity contribution < 1.29 is 13.9 Å². The number of hydrogen-bond donors (Lipinski definition) is 1. The molecular weight excluding hydrogens is 325 g/mol. The van der Waals surface area contributed by atoms with E-state index in [1.165, 1.54) is 30.3 Å². The fourth-order valence-corrected chi connectivity index (χ4v) is 2.15. The number of benzene rings is 2. The molecule has 1 atom stereocenters. The van der Waals surface area contributed by atoms with Gasteiger partial charge in [-0.05, 0) is 30.3 Å². The van der Waals surface area contributed by atoms with E-state index in [2.05, 4.69) is 15.9 Å². The number of hydrogen-bond acceptors (Lipinski definition) is 1. The fourth-order valence-electron chi connectivity index (χ4n) is 1.61. The van der Waals surface area contributed by atoms with Gasteiger partial charge in [0.2, 0.25) is 0 Å². The summed E-state index contributed by atoms with van der Waals surface area (Å²) in [6, 6.07) is 7.98. The van der Waals surface area contributed by atoms with Crippen LogP contribution in [0.4, 0.5) is 8.78 Å². The van der Waals surface area contributed by atoms with Gasteiger partial charge in [-0.1, -0.05) is 33.6 Å². The van der Waals surface area contributed by atoms with Crippen LogP contribution in [0.25, 0.3) is 0 Å². The van der Waals surface area contributed by atoms with Crippen LogP contribution in [0, 0.1) is 11.6 Å². The second kappa shape index (κ2) is 5.34. The first kappa shape index (κ1) is 13.5. The van der Waals surface area contributed by atoms with Gasteiger partial charge in [-0.25, -0.2) is 8.78 Å². The van der Waals surface area contributed by atoms with Crippen molar-refractivity contribution in [2.45, 2.75) is 6.10 Å². The van der Waals surface area contributed by atoms with Crippen molar-refractivity contribution in [2.75, 3.05) is 0 Å². The Morgan fingerprint density at radius 2 is 1.72 bits per heavy atom. The lowest BCUT2D eigenvalue weighted by molar-refractivity contribution is 0.209. The van der Waals surface area contributed by atoms with Gasteiger partial charge < -0.3 is 5.11 Å². The maximum Gasteiger partial charge on any atom is 0.130 e. The molecule has 1 N–H and O–H groups in total. The van der Waals surface area contributed by atoms with Crippen LogP contribution < -0.4 is 0 Å². The summed E-state index contributed by atoms with van der Waals surface area (Å²) in [6.45, 7) is 0. The molecule has 0 aromatic heterocycles. The highest BCUT2D eigenvalue weighted by atomic mass is 79.9. The molecule has 0 aliphatic rings.